The van der Waals surface area contributed by atoms with Crippen molar-refractivity contribution in [2.24, 2.45) is 16.3 Å². The minimum absolute atomic E-state index is 0.142. The van der Waals surface area contributed by atoms with Gasteiger partial charge in [-0.1, -0.05) is 60.4 Å². The highest BCUT2D eigenvalue weighted by atomic mass is 79.9. The molecule has 1 aliphatic carbocycles. The predicted octanol–water partition coefficient (Wildman–Crippen LogP) is 9.58. The van der Waals surface area contributed by atoms with Crippen LogP contribution in [0.3, 0.4) is 0 Å². The van der Waals surface area contributed by atoms with Crippen LogP contribution in [0.15, 0.2) is 74.5 Å². The highest BCUT2D eigenvalue weighted by Crippen LogP contribution is 2.45. The summed E-state index contributed by atoms with van der Waals surface area (Å²) in [6.07, 6.45) is 4.61. The zero-order valence-electron chi connectivity index (χ0n) is 21.0. The Morgan fingerprint density at radius 1 is 1.11 bits per heavy atom. The van der Waals surface area contributed by atoms with Gasteiger partial charge in [0.05, 0.1) is 11.8 Å². The van der Waals surface area contributed by atoms with E-state index < -0.39 is 0 Å². The molecule has 2 aromatic heterocycles. The highest BCUT2D eigenvalue weighted by Gasteiger charge is 2.33. The molecule has 190 valence electrons. The zero-order valence-corrected chi connectivity index (χ0v) is 24.1. The van der Waals surface area contributed by atoms with E-state index in [9.17, 15) is 4.79 Å². The maximum absolute atomic E-state index is 13.5. The summed E-state index contributed by atoms with van der Waals surface area (Å²) in [5.41, 5.74) is 3.70. The van der Waals surface area contributed by atoms with Crippen molar-refractivity contribution in [3.05, 3.63) is 91.9 Å². The van der Waals surface area contributed by atoms with Crippen LogP contribution in [0.25, 0.3) is 11.3 Å². The van der Waals surface area contributed by atoms with Gasteiger partial charge in [0, 0.05) is 25.6 Å². The van der Waals surface area contributed by atoms with Crippen LogP contribution in [0.5, 0.6) is 0 Å². The monoisotopic (exact) mass is 594 g/mol. The number of halogens is 2. The van der Waals surface area contributed by atoms with Crippen LogP contribution in [-0.2, 0) is 12.8 Å². The quantitative estimate of drug-likeness (QED) is 0.234. The minimum Gasteiger partial charge on any atom is -0.455 e. The van der Waals surface area contributed by atoms with E-state index in [1.807, 2.05) is 48.5 Å². The Kier molecular flexibility index (Phi) is 7.44. The van der Waals surface area contributed by atoms with Gasteiger partial charge in [0.25, 0.3) is 5.91 Å². The van der Waals surface area contributed by atoms with E-state index in [4.69, 9.17) is 21.0 Å². The lowest BCUT2D eigenvalue weighted by molar-refractivity contribution is 0.102. The van der Waals surface area contributed by atoms with Gasteiger partial charge in [-0.25, -0.2) is 4.99 Å². The Balaban J connectivity index is 1.46. The van der Waals surface area contributed by atoms with Crippen LogP contribution in [0.4, 0.5) is 10.7 Å². The summed E-state index contributed by atoms with van der Waals surface area (Å²) in [5.74, 6) is 1.84. The number of hydrogen-bond donors (Lipinski definition) is 1. The Morgan fingerprint density at radius 3 is 2.54 bits per heavy atom. The third-order valence-electron chi connectivity index (χ3n) is 6.87. The average Bonchev–Trinajstić information content (AvgIpc) is 3.48. The van der Waals surface area contributed by atoms with Crippen LogP contribution in [0.1, 0.15) is 53.8 Å². The third kappa shape index (κ3) is 5.92. The van der Waals surface area contributed by atoms with E-state index in [0.717, 1.165) is 40.6 Å². The van der Waals surface area contributed by atoms with E-state index in [-0.39, 0.29) is 11.3 Å². The first-order valence-electron chi connectivity index (χ1n) is 12.3. The largest absolute Gasteiger partial charge is 0.455 e. The minimum atomic E-state index is -0.142. The predicted molar refractivity (Wildman–Crippen MR) is 158 cm³/mol. The summed E-state index contributed by atoms with van der Waals surface area (Å²) in [6.45, 7) is 6.89. The number of thiophene rings is 1. The maximum atomic E-state index is 13.5. The van der Waals surface area contributed by atoms with Crippen molar-refractivity contribution < 1.29 is 9.21 Å². The summed E-state index contributed by atoms with van der Waals surface area (Å²) in [7, 11) is 0. The Morgan fingerprint density at radius 2 is 1.84 bits per heavy atom. The van der Waals surface area contributed by atoms with E-state index >= 15 is 0 Å². The molecule has 1 aliphatic rings. The van der Waals surface area contributed by atoms with E-state index in [2.05, 4.69) is 42.0 Å². The molecular weight excluding hydrogens is 568 g/mol. The Labute approximate surface area is 234 Å². The maximum Gasteiger partial charge on any atom is 0.259 e. The second-order valence-electron chi connectivity index (χ2n) is 10.4. The van der Waals surface area contributed by atoms with Crippen molar-refractivity contribution in [3.8, 4) is 11.3 Å². The van der Waals surface area contributed by atoms with Gasteiger partial charge in [-0.2, -0.15) is 0 Å². The molecule has 0 aliphatic heterocycles. The SMILES string of the molecule is CC(C)(C)[C@H]1CCc2c(sc(N=Cc3ccc(-c4ccc(Br)cc4)o3)c2C(=O)Nc2ccc(Cl)cc2)C1. The fourth-order valence-electron chi connectivity index (χ4n) is 4.68. The molecule has 37 heavy (non-hydrogen) atoms. The number of hydrogen-bond acceptors (Lipinski definition) is 4. The zero-order chi connectivity index (χ0) is 26.2. The number of carbonyl (C=O) groups is 1. The van der Waals surface area contributed by atoms with Gasteiger partial charge in [0.2, 0.25) is 0 Å². The molecule has 4 aromatic rings. The highest BCUT2D eigenvalue weighted by molar-refractivity contribution is 9.10. The smallest absolute Gasteiger partial charge is 0.259 e. The van der Waals surface area contributed by atoms with Crippen LogP contribution in [-0.4, -0.2) is 12.1 Å². The number of aliphatic imine (C=N–C) groups is 1. The summed E-state index contributed by atoms with van der Waals surface area (Å²) >= 11 is 11.1. The van der Waals surface area contributed by atoms with E-state index in [1.54, 1.807) is 29.7 Å². The fourth-order valence-corrected chi connectivity index (χ4v) is 6.34. The molecule has 0 bridgehead atoms. The van der Waals surface area contributed by atoms with Crippen LogP contribution < -0.4 is 5.32 Å². The lowest BCUT2D eigenvalue weighted by Gasteiger charge is -2.33. The number of nitrogens with one attached hydrogen (secondary N) is 1. The normalized spacial score (nSPS) is 15.6. The van der Waals surface area contributed by atoms with Crippen LogP contribution in [0, 0.1) is 11.3 Å². The van der Waals surface area contributed by atoms with Crippen molar-refractivity contribution in [2.45, 2.75) is 40.0 Å². The summed E-state index contributed by atoms with van der Waals surface area (Å²) < 4.78 is 7.05. The van der Waals surface area contributed by atoms with E-state index in [0.29, 0.717) is 33.0 Å². The third-order valence-corrected chi connectivity index (χ3v) is 8.81. The van der Waals surface area contributed by atoms with Gasteiger partial charge in [-0.05, 0) is 84.7 Å². The van der Waals surface area contributed by atoms with Crippen molar-refractivity contribution in [3.63, 3.8) is 0 Å². The lowest BCUT2D eigenvalue weighted by atomic mass is 9.72. The van der Waals surface area contributed by atoms with Crippen molar-refractivity contribution >= 4 is 61.7 Å². The first-order valence-corrected chi connectivity index (χ1v) is 14.3. The molecule has 0 saturated carbocycles. The van der Waals surface area contributed by atoms with Crippen molar-refractivity contribution in [1.82, 2.24) is 0 Å². The molecule has 1 amide bonds. The molecule has 2 aromatic carbocycles. The molecule has 0 saturated heterocycles. The van der Waals surface area contributed by atoms with Gasteiger partial charge in [-0.3, -0.25) is 4.79 Å². The first kappa shape index (κ1) is 26.0. The lowest BCUT2D eigenvalue weighted by Crippen LogP contribution is -2.27. The van der Waals surface area contributed by atoms with Crippen LogP contribution >= 0.6 is 38.9 Å². The van der Waals surface area contributed by atoms with Crippen LogP contribution in [0.2, 0.25) is 5.02 Å². The van der Waals surface area contributed by atoms with Gasteiger partial charge in [0.1, 0.15) is 16.5 Å². The topological polar surface area (TPSA) is 54.6 Å². The number of carbonyl (C=O) groups excluding carboxylic acids is 1. The molecule has 1 N–H and O–H groups in total. The number of fused-ring (bicyclic) bond motifs is 1. The molecular formula is C30H28BrClN2O2S. The summed E-state index contributed by atoms with van der Waals surface area (Å²) in [6, 6.07) is 19.0. The molecule has 0 unspecified atom stereocenters. The molecule has 4 nitrogen and oxygen atoms in total. The summed E-state index contributed by atoms with van der Waals surface area (Å²) in [5, 5.41) is 4.39. The first-order chi connectivity index (χ1) is 17.7. The number of anilines is 1. The Hall–Kier alpha value is -2.67. The number of amides is 1. The molecule has 0 spiro atoms. The number of furan rings is 1. The molecule has 0 radical (unpaired) electrons. The fraction of sp³-hybridized carbons (Fsp3) is 0.267. The van der Waals surface area contributed by atoms with Crippen molar-refractivity contribution in [2.75, 3.05) is 5.32 Å². The second kappa shape index (κ2) is 10.6. The molecule has 2 heterocycles. The molecule has 1 atom stereocenters. The molecule has 5 rings (SSSR count). The van der Waals surface area contributed by atoms with Gasteiger partial charge >= 0.3 is 0 Å². The van der Waals surface area contributed by atoms with E-state index in [1.165, 1.54) is 4.88 Å². The van der Waals surface area contributed by atoms with Gasteiger partial charge in [0.15, 0.2) is 0 Å². The average molecular weight is 596 g/mol. The number of rotatable bonds is 5. The van der Waals surface area contributed by atoms with Crippen molar-refractivity contribution in [1.29, 1.82) is 0 Å². The molecule has 7 heteroatoms. The summed E-state index contributed by atoms with van der Waals surface area (Å²) in [4.78, 5) is 19.6. The Bertz CT molecular complexity index is 1450. The second-order valence-corrected chi connectivity index (χ2v) is 12.9. The number of nitrogens with zero attached hydrogens (tertiary/aromatic N) is 1. The molecule has 0 fully saturated rings. The van der Waals surface area contributed by atoms with Gasteiger partial charge < -0.3 is 9.73 Å². The number of benzene rings is 2. The standard InChI is InChI=1S/C30H28BrClN2O2S/c1-30(2,3)19-6-14-24-26(16-19)37-29(27(24)28(35)34-22-11-9-21(32)10-12-22)33-17-23-13-15-25(36-23)18-4-7-20(31)8-5-18/h4-5,7-13,15,17,19H,6,14,16H2,1-3H3,(H,34,35)/t19-/m0/s1. The van der Waals surface area contributed by atoms with Gasteiger partial charge in [-0.15, -0.1) is 11.3 Å².